The number of carbonyl (C=O) groups is 1. The van der Waals surface area contributed by atoms with E-state index in [1.807, 2.05) is 23.1 Å². The molecule has 3 aromatic rings. The molecule has 0 saturated heterocycles. The highest BCUT2D eigenvalue weighted by Gasteiger charge is 2.15. The van der Waals surface area contributed by atoms with E-state index in [1.165, 1.54) is 10.4 Å². The minimum Gasteiger partial charge on any atom is -0.347 e. The number of thiophene rings is 1. The molecule has 0 spiro atoms. The number of hydrogen-bond donors (Lipinski definition) is 1. The van der Waals surface area contributed by atoms with Gasteiger partial charge in [0.1, 0.15) is 0 Å². The molecule has 23 heavy (non-hydrogen) atoms. The van der Waals surface area contributed by atoms with Crippen LogP contribution in [0.5, 0.6) is 0 Å². The van der Waals surface area contributed by atoms with Gasteiger partial charge in [0.15, 0.2) is 5.65 Å². The lowest BCUT2D eigenvalue weighted by molar-refractivity contribution is 0.0950. The zero-order valence-corrected chi connectivity index (χ0v) is 14.6. The Morgan fingerprint density at radius 3 is 2.83 bits per heavy atom. The summed E-state index contributed by atoms with van der Waals surface area (Å²) < 4.78 is 1.87. The largest absolute Gasteiger partial charge is 0.347 e. The molecule has 1 N–H and O–H groups in total. The molecule has 0 saturated carbocycles. The van der Waals surface area contributed by atoms with Gasteiger partial charge < -0.3 is 5.32 Å². The fraction of sp³-hybridized carbons (Fsp3) is 0.353. The first-order valence-electron chi connectivity index (χ1n) is 7.63. The maximum atomic E-state index is 12.5. The quantitative estimate of drug-likeness (QED) is 0.796. The van der Waals surface area contributed by atoms with Crippen molar-refractivity contribution in [2.75, 3.05) is 0 Å². The number of aryl methyl sites for hydroxylation is 2. The van der Waals surface area contributed by atoms with Crippen molar-refractivity contribution in [3.05, 3.63) is 45.4 Å². The molecule has 1 amide bonds. The van der Waals surface area contributed by atoms with Crippen LogP contribution in [0.4, 0.5) is 0 Å². The molecule has 0 aliphatic heterocycles. The molecule has 0 aromatic carbocycles. The summed E-state index contributed by atoms with van der Waals surface area (Å²) in [5, 5.41) is 10.3. The summed E-state index contributed by atoms with van der Waals surface area (Å²) in [7, 11) is 0. The highest BCUT2D eigenvalue weighted by atomic mass is 32.1. The minimum atomic E-state index is -0.0954. The summed E-state index contributed by atoms with van der Waals surface area (Å²) in [6.07, 6.45) is 1.77. The van der Waals surface area contributed by atoms with Crippen molar-refractivity contribution in [3.63, 3.8) is 0 Å². The topological polar surface area (TPSA) is 59.8 Å². The summed E-state index contributed by atoms with van der Waals surface area (Å²) in [4.78, 5) is 18.2. The molecule has 5 nitrogen and oxygen atoms in total. The van der Waals surface area contributed by atoms with Crippen LogP contribution in [0, 0.1) is 13.8 Å². The number of aromatic nitrogens is 3. The fourth-order valence-electron chi connectivity index (χ4n) is 2.51. The van der Waals surface area contributed by atoms with Crippen LogP contribution in [0.1, 0.15) is 46.4 Å². The number of rotatable bonds is 4. The summed E-state index contributed by atoms with van der Waals surface area (Å²) in [6, 6.07) is 4.17. The van der Waals surface area contributed by atoms with Gasteiger partial charge >= 0.3 is 0 Å². The number of nitrogens with one attached hydrogen (secondary N) is 1. The first kappa shape index (κ1) is 15.7. The molecule has 6 heteroatoms. The van der Waals surface area contributed by atoms with Gasteiger partial charge in [0.25, 0.3) is 5.91 Å². The van der Waals surface area contributed by atoms with Crippen molar-refractivity contribution in [2.24, 2.45) is 0 Å². The van der Waals surface area contributed by atoms with Gasteiger partial charge in [-0.15, -0.1) is 11.3 Å². The maximum absolute atomic E-state index is 12.5. The van der Waals surface area contributed by atoms with Crippen molar-refractivity contribution in [1.29, 1.82) is 0 Å². The molecular formula is C17H20N4OS. The van der Waals surface area contributed by atoms with Crippen molar-refractivity contribution in [3.8, 4) is 0 Å². The summed E-state index contributed by atoms with van der Waals surface area (Å²) in [6.45, 7) is 8.59. The monoisotopic (exact) mass is 328 g/mol. The average Bonchev–Trinajstić information content (AvgIpc) is 3.09. The van der Waals surface area contributed by atoms with Crippen LogP contribution in [-0.4, -0.2) is 20.7 Å². The van der Waals surface area contributed by atoms with Crippen molar-refractivity contribution in [2.45, 2.75) is 40.3 Å². The predicted octanol–water partition coefficient (Wildman–Crippen LogP) is 3.62. The molecule has 0 atom stereocenters. The van der Waals surface area contributed by atoms with Crippen LogP contribution in [0.25, 0.3) is 11.0 Å². The predicted molar refractivity (Wildman–Crippen MR) is 92.9 cm³/mol. The van der Waals surface area contributed by atoms with Gasteiger partial charge in [0.2, 0.25) is 0 Å². The van der Waals surface area contributed by atoms with E-state index in [0.29, 0.717) is 12.1 Å². The molecule has 0 fully saturated rings. The van der Waals surface area contributed by atoms with E-state index < -0.39 is 0 Å². The Kier molecular flexibility index (Phi) is 4.17. The van der Waals surface area contributed by atoms with Gasteiger partial charge in [-0.05, 0) is 50.8 Å². The smallest absolute Gasteiger partial charge is 0.253 e. The molecule has 3 aromatic heterocycles. The number of fused-ring (bicyclic) bond motifs is 1. The molecule has 3 heterocycles. The zero-order chi connectivity index (χ0) is 16.6. The molecule has 0 aliphatic rings. The zero-order valence-electron chi connectivity index (χ0n) is 13.8. The molecule has 0 unspecified atom stereocenters. The van der Waals surface area contributed by atoms with Crippen LogP contribution in [-0.2, 0) is 6.54 Å². The van der Waals surface area contributed by atoms with Gasteiger partial charge in [-0.1, -0.05) is 0 Å². The van der Waals surface area contributed by atoms with E-state index in [2.05, 4.69) is 42.2 Å². The first-order valence-corrected chi connectivity index (χ1v) is 8.51. The van der Waals surface area contributed by atoms with Crippen LogP contribution >= 0.6 is 11.3 Å². The second kappa shape index (κ2) is 6.12. The Bertz CT molecular complexity index is 863. The Hall–Kier alpha value is -2.21. The highest BCUT2D eigenvalue weighted by Crippen LogP contribution is 2.20. The second-order valence-corrected chi connectivity index (χ2v) is 6.93. The van der Waals surface area contributed by atoms with E-state index in [9.17, 15) is 4.79 Å². The Balaban J connectivity index is 1.86. The lowest BCUT2D eigenvalue weighted by Crippen LogP contribution is -2.24. The lowest BCUT2D eigenvalue weighted by atomic mass is 10.1. The van der Waals surface area contributed by atoms with Crippen LogP contribution in [0.2, 0.25) is 0 Å². The van der Waals surface area contributed by atoms with Gasteiger partial charge in [0.05, 0.1) is 24.0 Å². The molecule has 120 valence electrons. The molecular weight excluding hydrogens is 308 g/mol. The van der Waals surface area contributed by atoms with E-state index in [1.54, 1.807) is 17.5 Å². The minimum absolute atomic E-state index is 0.0954. The number of hydrogen-bond acceptors (Lipinski definition) is 4. The van der Waals surface area contributed by atoms with E-state index >= 15 is 0 Å². The van der Waals surface area contributed by atoms with Gasteiger partial charge in [-0.2, -0.15) is 5.10 Å². The molecule has 0 radical (unpaired) electrons. The second-order valence-electron chi connectivity index (χ2n) is 5.93. The molecule has 0 aliphatic carbocycles. The van der Waals surface area contributed by atoms with Crippen molar-refractivity contribution >= 4 is 28.3 Å². The van der Waals surface area contributed by atoms with Gasteiger partial charge in [0, 0.05) is 16.3 Å². The normalized spacial score (nSPS) is 11.3. The Morgan fingerprint density at radius 2 is 2.17 bits per heavy atom. The third-order valence-corrected chi connectivity index (χ3v) is 4.89. The third-order valence-electron chi connectivity index (χ3n) is 3.87. The molecule has 3 rings (SSSR count). The summed E-state index contributed by atoms with van der Waals surface area (Å²) in [5.74, 6) is -0.0954. The fourth-order valence-corrected chi connectivity index (χ4v) is 3.36. The van der Waals surface area contributed by atoms with Crippen molar-refractivity contribution in [1.82, 2.24) is 20.1 Å². The van der Waals surface area contributed by atoms with Crippen LogP contribution in [0.3, 0.4) is 0 Å². The SMILES string of the molecule is Cc1ccsc1CNC(=O)c1cc2cnn(C(C)C)c2nc1C. The van der Waals surface area contributed by atoms with Gasteiger partial charge in [-0.25, -0.2) is 9.67 Å². The molecule has 0 bridgehead atoms. The van der Waals surface area contributed by atoms with E-state index in [4.69, 9.17) is 0 Å². The maximum Gasteiger partial charge on any atom is 0.253 e. The number of amides is 1. The van der Waals surface area contributed by atoms with Crippen molar-refractivity contribution < 1.29 is 4.79 Å². The average molecular weight is 328 g/mol. The Labute approximate surface area is 139 Å². The lowest BCUT2D eigenvalue weighted by Gasteiger charge is -2.10. The van der Waals surface area contributed by atoms with E-state index in [-0.39, 0.29) is 11.9 Å². The third kappa shape index (κ3) is 2.99. The standard InChI is InChI=1S/C17H20N4OS/c1-10(2)21-16-13(8-19-21)7-14(12(4)20-16)17(22)18-9-15-11(3)5-6-23-15/h5-8,10H,9H2,1-4H3,(H,18,22). The first-order chi connectivity index (χ1) is 11.0. The number of pyridine rings is 1. The summed E-state index contributed by atoms with van der Waals surface area (Å²) >= 11 is 1.66. The summed E-state index contributed by atoms with van der Waals surface area (Å²) in [5.41, 5.74) is 3.36. The number of carbonyl (C=O) groups excluding carboxylic acids is 1. The van der Waals surface area contributed by atoms with Gasteiger partial charge in [-0.3, -0.25) is 4.79 Å². The highest BCUT2D eigenvalue weighted by molar-refractivity contribution is 7.10. The Morgan fingerprint density at radius 1 is 1.39 bits per heavy atom. The van der Waals surface area contributed by atoms with Crippen LogP contribution in [0.15, 0.2) is 23.7 Å². The van der Waals surface area contributed by atoms with E-state index in [0.717, 1.165) is 16.7 Å². The number of nitrogens with zero attached hydrogens (tertiary/aromatic N) is 3. The van der Waals surface area contributed by atoms with Crippen LogP contribution < -0.4 is 5.32 Å².